The van der Waals surface area contributed by atoms with Crippen LogP contribution >= 0.6 is 0 Å². The van der Waals surface area contributed by atoms with Gasteiger partial charge < -0.3 is 14.6 Å². The summed E-state index contributed by atoms with van der Waals surface area (Å²) in [6, 6.07) is 11.4. The van der Waals surface area contributed by atoms with Gasteiger partial charge in [0.25, 0.3) is 0 Å². The number of aliphatic hydroxyl groups is 1. The van der Waals surface area contributed by atoms with Crippen LogP contribution in [0.3, 0.4) is 0 Å². The standard InChI is InChI=1S/C26H31FO4/c1-17(2)26(29)31-15-14-30-25-22(16-28)12-13-23(24(25)27)21-10-8-20(9-11-21)19-6-4-18(3)5-7-19/h8-13,18-19,28H,1,4-7,14-16H2,2-3H3. The molecule has 1 fully saturated rings. The molecule has 0 aromatic heterocycles. The first kappa shape index (κ1) is 23.0. The van der Waals surface area contributed by atoms with Crippen LogP contribution in [-0.2, 0) is 16.1 Å². The van der Waals surface area contributed by atoms with Gasteiger partial charge in [-0.15, -0.1) is 0 Å². The van der Waals surface area contributed by atoms with Gasteiger partial charge in [0.2, 0.25) is 0 Å². The summed E-state index contributed by atoms with van der Waals surface area (Å²) in [6.07, 6.45) is 4.92. The molecule has 0 aliphatic heterocycles. The van der Waals surface area contributed by atoms with Crippen LogP contribution in [0.4, 0.5) is 4.39 Å². The zero-order chi connectivity index (χ0) is 22.4. The molecule has 2 aromatic carbocycles. The molecule has 0 unspecified atom stereocenters. The highest BCUT2D eigenvalue weighted by Gasteiger charge is 2.20. The number of aliphatic hydroxyl groups excluding tert-OH is 1. The third kappa shape index (κ3) is 5.73. The summed E-state index contributed by atoms with van der Waals surface area (Å²) in [5, 5.41) is 9.58. The number of hydrogen-bond acceptors (Lipinski definition) is 4. The topological polar surface area (TPSA) is 55.8 Å². The quantitative estimate of drug-likeness (QED) is 0.330. The van der Waals surface area contributed by atoms with Crippen molar-refractivity contribution in [2.45, 2.75) is 52.1 Å². The second-order valence-electron chi connectivity index (χ2n) is 8.42. The van der Waals surface area contributed by atoms with E-state index in [2.05, 4.69) is 25.6 Å². The number of carbonyl (C=O) groups is 1. The van der Waals surface area contributed by atoms with Gasteiger partial charge >= 0.3 is 5.97 Å². The van der Waals surface area contributed by atoms with E-state index in [1.54, 1.807) is 19.1 Å². The minimum atomic E-state index is -0.531. The summed E-state index contributed by atoms with van der Waals surface area (Å²) < 4.78 is 25.8. The van der Waals surface area contributed by atoms with Gasteiger partial charge in [0, 0.05) is 16.7 Å². The van der Waals surface area contributed by atoms with E-state index in [0.717, 1.165) is 11.5 Å². The van der Waals surface area contributed by atoms with E-state index in [-0.39, 0.29) is 31.1 Å². The molecule has 0 bridgehead atoms. The van der Waals surface area contributed by atoms with Gasteiger partial charge in [-0.05, 0) is 42.7 Å². The molecule has 2 aromatic rings. The second kappa shape index (κ2) is 10.6. The first-order chi connectivity index (χ1) is 14.9. The van der Waals surface area contributed by atoms with Gasteiger partial charge in [-0.2, -0.15) is 0 Å². The van der Waals surface area contributed by atoms with E-state index in [1.807, 2.05) is 12.1 Å². The average Bonchev–Trinajstić information content (AvgIpc) is 2.78. The maximum atomic E-state index is 15.3. The molecule has 1 saturated carbocycles. The Hall–Kier alpha value is -2.66. The van der Waals surface area contributed by atoms with Crippen molar-refractivity contribution < 1.29 is 23.8 Å². The first-order valence-corrected chi connectivity index (χ1v) is 10.9. The number of esters is 1. The van der Waals surface area contributed by atoms with Crippen molar-refractivity contribution >= 4 is 5.97 Å². The van der Waals surface area contributed by atoms with Crippen molar-refractivity contribution in [3.63, 3.8) is 0 Å². The Labute approximate surface area is 183 Å². The van der Waals surface area contributed by atoms with E-state index < -0.39 is 11.8 Å². The molecule has 1 aliphatic rings. The van der Waals surface area contributed by atoms with Crippen molar-refractivity contribution in [2.24, 2.45) is 5.92 Å². The number of halogens is 1. The molecule has 4 nitrogen and oxygen atoms in total. The highest BCUT2D eigenvalue weighted by atomic mass is 19.1. The summed E-state index contributed by atoms with van der Waals surface area (Å²) >= 11 is 0. The van der Waals surface area contributed by atoms with Gasteiger partial charge in [-0.3, -0.25) is 0 Å². The van der Waals surface area contributed by atoms with Crippen LogP contribution in [0.2, 0.25) is 0 Å². The zero-order valence-corrected chi connectivity index (χ0v) is 18.3. The average molecular weight is 427 g/mol. The molecule has 0 spiro atoms. The molecule has 3 rings (SSSR count). The predicted molar refractivity (Wildman–Crippen MR) is 119 cm³/mol. The molecule has 0 saturated heterocycles. The third-order valence-corrected chi connectivity index (χ3v) is 5.97. The van der Waals surface area contributed by atoms with Gasteiger partial charge in [0.1, 0.15) is 13.2 Å². The minimum absolute atomic E-state index is 0.0169. The zero-order valence-electron chi connectivity index (χ0n) is 18.3. The van der Waals surface area contributed by atoms with Crippen molar-refractivity contribution in [3.8, 4) is 16.9 Å². The van der Waals surface area contributed by atoms with Gasteiger partial charge in [0.05, 0.1) is 6.61 Å². The Kier molecular flexibility index (Phi) is 7.85. The summed E-state index contributed by atoms with van der Waals surface area (Å²) in [4.78, 5) is 11.4. The number of rotatable bonds is 8. The maximum absolute atomic E-state index is 15.3. The van der Waals surface area contributed by atoms with Crippen molar-refractivity contribution in [1.29, 1.82) is 0 Å². The van der Waals surface area contributed by atoms with E-state index in [4.69, 9.17) is 9.47 Å². The van der Waals surface area contributed by atoms with Crippen LogP contribution in [-0.4, -0.2) is 24.3 Å². The molecule has 5 heteroatoms. The highest BCUT2D eigenvalue weighted by Crippen LogP contribution is 2.37. The molecule has 0 radical (unpaired) electrons. The smallest absolute Gasteiger partial charge is 0.333 e. The molecule has 0 heterocycles. The molecule has 0 amide bonds. The van der Waals surface area contributed by atoms with Gasteiger partial charge in [-0.1, -0.05) is 62.7 Å². The molecular formula is C26H31FO4. The van der Waals surface area contributed by atoms with Crippen molar-refractivity contribution in [1.82, 2.24) is 0 Å². The number of carbonyl (C=O) groups excluding carboxylic acids is 1. The second-order valence-corrected chi connectivity index (χ2v) is 8.42. The van der Waals surface area contributed by atoms with Gasteiger partial charge in [0.15, 0.2) is 11.6 Å². The molecule has 31 heavy (non-hydrogen) atoms. The number of ether oxygens (including phenoxy) is 2. The van der Waals surface area contributed by atoms with Crippen LogP contribution < -0.4 is 4.74 Å². The Bertz CT molecular complexity index is 912. The Morgan fingerprint density at radius 1 is 1.10 bits per heavy atom. The van der Waals surface area contributed by atoms with Crippen LogP contribution in [0.25, 0.3) is 11.1 Å². The Balaban J connectivity index is 1.73. The van der Waals surface area contributed by atoms with E-state index in [1.165, 1.54) is 31.2 Å². The van der Waals surface area contributed by atoms with Crippen molar-refractivity contribution in [2.75, 3.05) is 13.2 Å². The van der Waals surface area contributed by atoms with E-state index in [9.17, 15) is 9.90 Å². The SMILES string of the molecule is C=C(C)C(=O)OCCOc1c(CO)ccc(-c2ccc(C3CCC(C)CC3)cc2)c1F. The fraction of sp³-hybridized carbons (Fsp3) is 0.423. The molecule has 0 atom stereocenters. The fourth-order valence-corrected chi connectivity index (χ4v) is 4.03. The highest BCUT2D eigenvalue weighted by molar-refractivity contribution is 5.86. The third-order valence-electron chi connectivity index (χ3n) is 5.97. The van der Waals surface area contributed by atoms with Crippen LogP contribution in [0, 0.1) is 11.7 Å². The van der Waals surface area contributed by atoms with E-state index in [0.29, 0.717) is 17.0 Å². The number of hydrogen-bond donors (Lipinski definition) is 1. The lowest BCUT2D eigenvalue weighted by molar-refractivity contribution is -0.139. The van der Waals surface area contributed by atoms with Crippen LogP contribution in [0.5, 0.6) is 5.75 Å². The maximum Gasteiger partial charge on any atom is 0.333 e. The molecule has 166 valence electrons. The lowest BCUT2D eigenvalue weighted by Crippen LogP contribution is -2.13. The van der Waals surface area contributed by atoms with E-state index >= 15 is 4.39 Å². The van der Waals surface area contributed by atoms with Crippen LogP contribution in [0.15, 0.2) is 48.6 Å². The predicted octanol–water partition coefficient (Wildman–Crippen LogP) is 5.78. The number of benzene rings is 2. The lowest BCUT2D eigenvalue weighted by Gasteiger charge is -2.26. The normalized spacial score (nSPS) is 18.5. The monoisotopic (exact) mass is 426 g/mol. The molecular weight excluding hydrogens is 395 g/mol. The molecule has 1 aliphatic carbocycles. The summed E-state index contributed by atoms with van der Waals surface area (Å²) in [5.41, 5.74) is 3.11. The lowest BCUT2D eigenvalue weighted by atomic mass is 9.79. The fourth-order valence-electron chi connectivity index (χ4n) is 4.03. The van der Waals surface area contributed by atoms with Gasteiger partial charge in [-0.25, -0.2) is 9.18 Å². The van der Waals surface area contributed by atoms with Crippen LogP contribution in [0.1, 0.15) is 56.6 Å². The summed E-state index contributed by atoms with van der Waals surface area (Å²) in [7, 11) is 0. The van der Waals surface area contributed by atoms with Crippen molar-refractivity contribution in [3.05, 3.63) is 65.5 Å². The summed E-state index contributed by atoms with van der Waals surface area (Å²) in [5.74, 6) is 0.312. The largest absolute Gasteiger partial charge is 0.487 e. The minimum Gasteiger partial charge on any atom is -0.487 e. The first-order valence-electron chi connectivity index (χ1n) is 10.9. The Morgan fingerprint density at radius 3 is 2.39 bits per heavy atom. The Morgan fingerprint density at radius 2 is 1.77 bits per heavy atom. The molecule has 1 N–H and O–H groups in total. The summed E-state index contributed by atoms with van der Waals surface area (Å²) in [6.45, 7) is 6.96.